The normalized spacial score (nSPS) is 11.6. The molecule has 1 heterocycles. The minimum absolute atomic E-state index is 0.118. The van der Waals surface area contributed by atoms with Crippen LogP contribution in [0.15, 0.2) is 78.2 Å². The fourth-order valence-corrected chi connectivity index (χ4v) is 4.57. The summed E-state index contributed by atoms with van der Waals surface area (Å²) >= 11 is 7.69. The number of benzene rings is 3. The van der Waals surface area contributed by atoms with Gasteiger partial charge in [-0.3, -0.25) is 4.79 Å². The minimum Gasteiger partial charge on any atom is -0.493 e. The van der Waals surface area contributed by atoms with Crippen molar-refractivity contribution in [3.05, 3.63) is 100 Å². The van der Waals surface area contributed by atoms with Crippen molar-refractivity contribution < 1.29 is 14.3 Å². The first-order chi connectivity index (χ1) is 16.1. The summed E-state index contributed by atoms with van der Waals surface area (Å²) in [6, 6.07) is 22.7. The van der Waals surface area contributed by atoms with Crippen LogP contribution in [0.3, 0.4) is 0 Å². The van der Waals surface area contributed by atoms with Crippen LogP contribution >= 0.6 is 22.9 Å². The van der Waals surface area contributed by atoms with Gasteiger partial charge >= 0.3 is 0 Å². The van der Waals surface area contributed by atoms with Crippen molar-refractivity contribution in [3.8, 4) is 22.1 Å². The molecule has 0 aliphatic carbocycles. The number of carbonyl (C=O) groups is 1. The van der Waals surface area contributed by atoms with E-state index in [1.165, 1.54) is 11.3 Å². The predicted molar refractivity (Wildman–Crippen MR) is 132 cm³/mol. The first-order valence-corrected chi connectivity index (χ1v) is 11.6. The van der Waals surface area contributed by atoms with Crippen LogP contribution in [0.4, 0.5) is 0 Å². The second kappa shape index (κ2) is 10.5. The quantitative estimate of drug-likeness (QED) is 0.341. The minimum atomic E-state index is -0.304. The van der Waals surface area contributed by atoms with E-state index >= 15 is 0 Å². The monoisotopic (exact) mass is 478 g/mol. The van der Waals surface area contributed by atoms with E-state index in [9.17, 15) is 4.79 Å². The van der Waals surface area contributed by atoms with Crippen molar-refractivity contribution in [2.75, 3.05) is 14.2 Å². The molecule has 0 fully saturated rings. The van der Waals surface area contributed by atoms with Gasteiger partial charge in [-0.2, -0.15) is 0 Å². The Bertz CT molecular complexity index is 1240. The topological polar surface area (TPSA) is 60.5 Å². The van der Waals surface area contributed by atoms with Gasteiger partial charge in [-0.05, 0) is 41.5 Å². The van der Waals surface area contributed by atoms with Crippen molar-refractivity contribution in [1.29, 1.82) is 0 Å². The summed E-state index contributed by atoms with van der Waals surface area (Å²) in [7, 11) is 3.20. The molecule has 33 heavy (non-hydrogen) atoms. The summed E-state index contributed by atoms with van der Waals surface area (Å²) in [6.07, 6.45) is 0.174. The number of aromatic nitrogens is 1. The van der Waals surface area contributed by atoms with E-state index in [2.05, 4.69) is 10.3 Å². The third-order valence-corrected chi connectivity index (χ3v) is 6.32. The zero-order valence-corrected chi connectivity index (χ0v) is 19.8. The Hall–Kier alpha value is -3.35. The number of amides is 1. The molecule has 4 rings (SSSR count). The number of thiazole rings is 1. The van der Waals surface area contributed by atoms with Crippen LogP contribution in [0.1, 0.15) is 22.9 Å². The lowest BCUT2D eigenvalue weighted by molar-refractivity contribution is -0.121. The van der Waals surface area contributed by atoms with Crippen LogP contribution in [0, 0.1) is 0 Å². The van der Waals surface area contributed by atoms with Gasteiger partial charge in [0.25, 0.3) is 0 Å². The van der Waals surface area contributed by atoms with E-state index < -0.39 is 0 Å². The van der Waals surface area contributed by atoms with Gasteiger partial charge in [0.1, 0.15) is 5.01 Å². The molecule has 0 spiro atoms. The average molecular weight is 479 g/mol. The summed E-state index contributed by atoms with van der Waals surface area (Å²) in [4.78, 5) is 17.6. The third-order valence-electron chi connectivity index (χ3n) is 5.14. The fraction of sp³-hybridized carbons (Fsp3) is 0.154. The summed E-state index contributed by atoms with van der Waals surface area (Å²) < 4.78 is 10.7. The van der Waals surface area contributed by atoms with Crippen molar-refractivity contribution in [2.24, 2.45) is 0 Å². The van der Waals surface area contributed by atoms with E-state index in [1.54, 1.807) is 14.2 Å². The number of hydrogen-bond donors (Lipinski definition) is 1. The molecule has 168 valence electrons. The number of hydrogen-bond acceptors (Lipinski definition) is 5. The highest BCUT2D eigenvalue weighted by Crippen LogP contribution is 2.33. The van der Waals surface area contributed by atoms with Crippen LogP contribution in [-0.2, 0) is 11.2 Å². The molecule has 1 atom stereocenters. The standard InChI is InChI=1S/C26H23ClN2O3S/c1-31-22-12-11-19(14-23(22)32-2)26-28-21(16-33-26)15-24(30)29-25(17-7-4-3-5-8-17)18-9-6-10-20(27)13-18/h3-14,16,25H,15H2,1-2H3,(H,29,30). The van der Waals surface area contributed by atoms with Crippen molar-refractivity contribution in [1.82, 2.24) is 10.3 Å². The maximum Gasteiger partial charge on any atom is 0.226 e. The van der Waals surface area contributed by atoms with E-state index in [0.29, 0.717) is 22.2 Å². The maximum absolute atomic E-state index is 13.0. The average Bonchev–Trinajstić information content (AvgIpc) is 3.31. The van der Waals surface area contributed by atoms with E-state index in [-0.39, 0.29) is 18.4 Å². The van der Waals surface area contributed by atoms with Crippen LogP contribution in [0.2, 0.25) is 5.02 Å². The number of ether oxygens (including phenoxy) is 2. The molecule has 5 nitrogen and oxygen atoms in total. The molecule has 1 unspecified atom stereocenters. The molecule has 1 aromatic heterocycles. The number of nitrogens with one attached hydrogen (secondary N) is 1. The molecule has 0 aliphatic rings. The number of carbonyl (C=O) groups excluding carboxylic acids is 1. The Balaban J connectivity index is 1.51. The highest BCUT2D eigenvalue weighted by Gasteiger charge is 2.18. The van der Waals surface area contributed by atoms with E-state index in [0.717, 1.165) is 21.7 Å². The third kappa shape index (κ3) is 5.53. The summed E-state index contributed by atoms with van der Waals surface area (Å²) in [5.41, 5.74) is 3.52. The van der Waals surface area contributed by atoms with Crippen LogP contribution in [-0.4, -0.2) is 25.1 Å². The van der Waals surface area contributed by atoms with Crippen molar-refractivity contribution in [3.63, 3.8) is 0 Å². The van der Waals surface area contributed by atoms with Crippen LogP contribution in [0.25, 0.3) is 10.6 Å². The van der Waals surface area contributed by atoms with Gasteiger partial charge in [0, 0.05) is 16.0 Å². The smallest absolute Gasteiger partial charge is 0.226 e. The summed E-state index contributed by atoms with van der Waals surface area (Å²) in [6.45, 7) is 0. The fourth-order valence-electron chi connectivity index (χ4n) is 3.56. The largest absolute Gasteiger partial charge is 0.493 e. The summed E-state index contributed by atoms with van der Waals surface area (Å²) in [5.74, 6) is 1.18. The lowest BCUT2D eigenvalue weighted by Gasteiger charge is -2.20. The molecule has 0 saturated heterocycles. The molecular weight excluding hydrogens is 456 g/mol. The molecule has 1 amide bonds. The van der Waals surface area contributed by atoms with Gasteiger partial charge in [-0.1, -0.05) is 54.1 Å². The summed E-state index contributed by atoms with van der Waals surface area (Å²) in [5, 5.41) is 6.48. The molecule has 4 aromatic rings. The van der Waals surface area contributed by atoms with Gasteiger partial charge < -0.3 is 14.8 Å². The maximum atomic E-state index is 13.0. The zero-order chi connectivity index (χ0) is 23.2. The molecule has 7 heteroatoms. The Morgan fingerprint density at radius 3 is 2.45 bits per heavy atom. The highest BCUT2D eigenvalue weighted by atomic mass is 35.5. The van der Waals surface area contributed by atoms with Gasteiger partial charge in [-0.15, -0.1) is 11.3 Å². The van der Waals surface area contributed by atoms with Crippen molar-refractivity contribution in [2.45, 2.75) is 12.5 Å². The zero-order valence-electron chi connectivity index (χ0n) is 18.2. The first-order valence-electron chi connectivity index (χ1n) is 10.3. The second-order valence-corrected chi connectivity index (χ2v) is 8.65. The SMILES string of the molecule is COc1ccc(-c2nc(CC(=O)NC(c3ccccc3)c3cccc(Cl)c3)cs2)cc1OC. The van der Waals surface area contributed by atoms with Crippen LogP contribution in [0.5, 0.6) is 11.5 Å². The Morgan fingerprint density at radius 2 is 1.73 bits per heavy atom. The molecule has 1 N–H and O–H groups in total. The molecule has 0 radical (unpaired) electrons. The predicted octanol–water partition coefficient (Wildman–Crippen LogP) is 5.93. The number of nitrogens with zero attached hydrogens (tertiary/aromatic N) is 1. The van der Waals surface area contributed by atoms with Gasteiger partial charge in [0.2, 0.25) is 5.91 Å². The molecule has 3 aromatic carbocycles. The molecule has 0 bridgehead atoms. The van der Waals surface area contributed by atoms with E-state index in [4.69, 9.17) is 21.1 Å². The van der Waals surface area contributed by atoms with E-state index in [1.807, 2.05) is 78.2 Å². The van der Waals surface area contributed by atoms with Crippen molar-refractivity contribution >= 4 is 28.8 Å². The van der Waals surface area contributed by atoms with Gasteiger partial charge in [-0.25, -0.2) is 4.98 Å². The number of methoxy groups -OCH3 is 2. The molecular formula is C26H23ClN2O3S. The van der Waals surface area contributed by atoms with Gasteiger partial charge in [0.15, 0.2) is 11.5 Å². The lowest BCUT2D eigenvalue weighted by Crippen LogP contribution is -2.30. The molecule has 0 aliphatic heterocycles. The first kappa shape index (κ1) is 22.8. The molecule has 0 saturated carbocycles. The van der Waals surface area contributed by atoms with Crippen LogP contribution < -0.4 is 14.8 Å². The van der Waals surface area contributed by atoms with Gasteiger partial charge in [0.05, 0.1) is 32.4 Å². The lowest BCUT2D eigenvalue weighted by atomic mass is 9.98. The number of rotatable bonds is 8. The second-order valence-electron chi connectivity index (χ2n) is 7.36. The highest BCUT2D eigenvalue weighted by molar-refractivity contribution is 7.13. The Labute approximate surface area is 202 Å². The Kier molecular flexibility index (Phi) is 7.27. The Morgan fingerprint density at radius 1 is 0.970 bits per heavy atom. The number of halogens is 1.